The van der Waals surface area contributed by atoms with Gasteiger partial charge in [0.15, 0.2) is 17.5 Å². The summed E-state index contributed by atoms with van der Waals surface area (Å²) in [5.41, 5.74) is 9.63. The number of aromatic nitrogens is 4. The molecule has 0 N–H and O–H groups in total. The lowest BCUT2D eigenvalue weighted by atomic mass is 9.95. The predicted molar refractivity (Wildman–Crippen MR) is 180 cm³/mol. The van der Waals surface area contributed by atoms with Gasteiger partial charge in [-0.25, -0.2) is 15.0 Å². The highest BCUT2D eigenvalue weighted by molar-refractivity contribution is 6.34. The normalized spacial score (nSPS) is 11.0. The standard InChI is InChI=1S/C39H27ClN4/c1-26-12-8-23-35(41-26)36-33(21-11-22-34(36)40)30-18-10-20-32(25-30)39-43-37(28-15-6-3-7-16-28)42-38(44-39)31-19-9-17-29(24-31)27-13-4-2-5-14-27/h2-25H,1H3. The maximum atomic E-state index is 6.78. The first-order chi connectivity index (χ1) is 21.6. The van der Waals surface area contributed by atoms with E-state index in [0.717, 1.165) is 55.9 Å². The van der Waals surface area contributed by atoms with Gasteiger partial charge in [0.25, 0.3) is 0 Å². The molecule has 7 rings (SSSR count). The van der Waals surface area contributed by atoms with E-state index < -0.39 is 0 Å². The average molecular weight is 587 g/mol. The van der Waals surface area contributed by atoms with Crippen LogP contribution in [0, 0.1) is 6.92 Å². The van der Waals surface area contributed by atoms with E-state index in [1.165, 1.54) is 0 Å². The molecule has 2 heterocycles. The molecule has 0 aliphatic heterocycles. The van der Waals surface area contributed by atoms with Crippen LogP contribution in [0.3, 0.4) is 0 Å². The van der Waals surface area contributed by atoms with Gasteiger partial charge >= 0.3 is 0 Å². The van der Waals surface area contributed by atoms with E-state index in [1.807, 2.05) is 110 Å². The van der Waals surface area contributed by atoms with Gasteiger partial charge in [-0.1, -0.05) is 127 Å². The second kappa shape index (κ2) is 12.0. The van der Waals surface area contributed by atoms with Crippen molar-refractivity contribution in [2.24, 2.45) is 0 Å². The zero-order valence-electron chi connectivity index (χ0n) is 24.0. The summed E-state index contributed by atoms with van der Waals surface area (Å²) in [5.74, 6) is 1.83. The predicted octanol–water partition coefficient (Wildman–Crippen LogP) is 10.2. The van der Waals surface area contributed by atoms with Crippen LogP contribution in [0.1, 0.15) is 5.69 Å². The number of benzene rings is 5. The number of halogens is 1. The van der Waals surface area contributed by atoms with Crippen LogP contribution in [0.25, 0.3) is 67.7 Å². The van der Waals surface area contributed by atoms with Gasteiger partial charge in [0.05, 0.1) is 10.7 Å². The van der Waals surface area contributed by atoms with Gasteiger partial charge in [-0.2, -0.15) is 0 Å². The molecule has 0 atom stereocenters. The van der Waals surface area contributed by atoms with Crippen LogP contribution in [-0.2, 0) is 0 Å². The Labute approximate surface area is 261 Å². The summed E-state index contributed by atoms with van der Waals surface area (Å²) in [5, 5.41) is 0.651. The molecule has 0 amide bonds. The van der Waals surface area contributed by atoms with Crippen LogP contribution in [0.4, 0.5) is 0 Å². The van der Waals surface area contributed by atoms with E-state index in [2.05, 4.69) is 42.5 Å². The summed E-state index contributed by atoms with van der Waals surface area (Å²) in [7, 11) is 0. The fraction of sp³-hybridized carbons (Fsp3) is 0.0256. The van der Waals surface area contributed by atoms with Gasteiger partial charge in [-0.15, -0.1) is 0 Å². The van der Waals surface area contributed by atoms with Crippen molar-refractivity contribution in [2.75, 3.05) is 0 Å². The maximum Gasteiger partial charge on any atom is 0.164 e. The Morgan fingerprint density at radius 1 is 0.409 bits per heavy atom. The van der Waals surface area contributed by atoms with Crippen molar-refractivity contribution in [1.29, 1.82) is 0 Å². The third-order valence-corrected chi connectivity index (χ3v) is 7.80. The van der Waals surface area contributed by atoms with Gasteiger partial charge in [-0.3, -0.25) is 4.98 Å². The van der Waals surface area contributed by atoms with Gasteiger partial charge in [0, 0.05) is 27.9 Å². The monoisotopic (exact) mass is 586 g/mol. The van der Waals surface area contributed by atoms with Crippen LogP contribution in [0.5, 0.6) is 0 Å². The van der Waals surface area contributed by atoms with Crippen LogP contribution in [0.2, 0.25) is 5.02 Å². The van der Waals surface area contributed by atoms with Crippen molar-refractivity contribution in [3.05, 3.63) is 156 Å². The molecule has 4 nitrogen and oxygen atoms in total. The first kappa shape index (κ1) is 27.4. The first-order valence-electron chi connectivity index (χ1n) is 14.4. The smallest absolute Gasteiger partial charge is 0.164 e. The molecular weight excluding hydrogens is 560 g/mol. The number of aryl methyl sites for hydroxylation is 1. The highest BCUT2D eigenvalue weighted by atomic mass is 35.5. The molecule has 7 aromatic rings. The molecule has 0 bridgehead atoms. The second-order valence-corrected chi connectivity index (χ2v) is 10.9. The number of rotatable bonds is 6. The molecule has 0 spiro atoms. The minimum atomic E-state index is 0.595. The molecule has 44 heavy (non-hydrogen) atoms. The van der Waals surface area contributed by atoms with Crippen LogP contribution >= 0.6 is 11.6 Å². The summed E-state index contributed by atoms with van der Waals surface area (Å²) in [6.07, 6.45) is 0. The minimum absolute atomic E-state index is 0.595. The van der Waals surface area contributed by atoms with E-state index in [9.17, 15) is 0 Å². The Balaban J connectivity index is 1.37. The Hall–Kier alpha value is -5.45. The largest absolute Gasteiger partial charge is 0.253 e. The van der Waals surface area contributed by atoms with Gasteiger partial charge in [0.1, 0.15) is 0 Å². The van der Waals surface area contributed by atoms with Crippen molar-refractivity contribution in [3.63, 3.8) is 0 Å². The summed E-state index contributed by atoms with van der Waals surface area (Å²) in [6.45, 7) is 1.98. The molecule has 5 aromatic carbocycles. The molecule has 0 radical (unpaired) electrons. The van der Waals surface area contributed by atoms with E-state index in [0.29, 0.717) is 22.5 Å². The van der Waals surface area contributed by atoms with Gasteiger partial charge in [-0.05, 0) is 59.5 Å². The summed E-state index contributed by atoms with van der Waals surface area (Å²) in [4.78, 5) is 19.7. The third-order valence-electron chi connectivity index (χ3n) is 7.49. The minimum Gasteiger partial charge on any atom is -0.253 e. The Morgan fingerprint density at radius 2 is 0.909 bits per heavy atom. The highest BCUT2D eigenvalue weighted by Gasteiger charge is 2.16. The van der Waals surface area contributed by atoms with Crippen LogP contribution in [-0.4, -0.2) is 19.9 Å². The van der Waals surface area contributed by atoms with Crippen molar-refractivity contribution < 1.29 is 0 Å². The number of hydrogen-bond acceptors (Lipinski definition) is 4. The Morgan fingerprint density at radius 3 is 1.57 bits per heavy atom. The van der Waals surface area contributed by atoms with E-state index in [-0.39, 0.29) is 0 Å². The maximum absolute atomic E-state index is 6.78. The lowest BCUT2D eigenvalue weighted by Gasteiger charge is -2.14. The second-order valence-electron chi connectivity index (χ2n) is 10.5. The molecule has 0 unspecified atom stereocenters. The first-order valence-corrected chi connectivity index (χ1v) is 14.8. The van der Waals surface area contributed by atoms with Gasteiger partial charge in [0.2, 0.25) is 0 Å². The summed E-state index contributed by atoms with van der Waals surface area (Å²) >= 11 is 6.78. The van der Waals surface area contributed by atoms with E-state index in [1.54, 1.807) is 0 Å². The van der Waals surface area contributed by atoms with Crippen molar-refractivity contribution in [3.8, 4) is 67.7 Å². The molecule has 0 aliphatic carbocycles. The van der Waals surface area contributed by atoms with Crippen LogP contribution < -0.4 is 0 Å². The average Bonchev–Trinajstić information content (AvgIpc) is 3.09. The molecule has 0 fully saturated rings. The number of hydrogen-bond donors (Lipinski definition) is 0. The summed E-state index contributed by atoms with van der Waals surface area (Å²) in [6, 6.07) is 48.9. The topological polar surface area (TPSA) is 51.6 Å². The molecule has 0 saturated heterocycles. The fourth-order valence-corrected chi connectivity index (χ4v) is 5.62. The Bertz CT molecular complexity index is 2090. The SMILES string of the molecule is Cc1cccc(-c2c(Cl)cccc2-c2cccc(-c3nc(-c4ccccc4)nc(-c4cccc(-c5ccccc5)c4)n3)c2)n1. The lowest BCUT2D eigenvalue weighted by molar-refractivity contribution is 1.07. The molecule has 5 heteroatoms. The van der Waals surface area contributed by atoms with Crippen molar-refractivity contribution in [1.82, 2.24) is 19.9 Å². The zero-order chi connectivity index (χ0) is 29.9. The fourth-order valence-electron chi connectivity index (χ4n) is 5.35. The molecule has 0 aliphatic rings. The van der Waals surface area contributed by atoms with E-state index in [4.69, 9.17) is 31.5 Å². The van der Waals surface area contributed by atoms with Gasteiger partial charge < -0.3 is 0 Å². The lowest BCUT2D eigenvalue weighted by Crippen LogP contribution is -2.00. The molecule has 210 valence electrons. The van der Waals surface area contributed by atoms with E-state index >= 15 is 0 Å². The van der Waals surface area contributed by atoms with Crippen LogP contribution in [0.15, 0.2) is 146 Å². The number of pyridine rings is 1. The quantitative estimate of drug-likeness (QED) is 0.194. The zero-order valence-corrected chi connectivity index (χ0v) is 24.8. The van der Waals surface area contributed by atoms with Crippen molar-refractivity contribution in [2.45, 2.75) is 6.92 Å². The third kappa shape index (κ3) is 5.63. The van der Waals surface area contributed by atoms with Crippen molar-refractivity contribution >= 4 is 11.6 Å². The molecule has 0 saturated carbocycles. The molecule has 2 aromatic heterocycles. The Kier molecular flexibility index (Phi) is 7.49. The summed E-state index contributed by atoms with van der Waals surface area (Å²) < 4.78 is 0. The highest BCUT2D eigenvalue weighted by Crippen LogP contribution is 2.38. The molecular formula is C39H27ClN4. The number of nitrogens with zero attached hydrogens (tertiary/aromatic N) is 4.